The summed E-state index contributed by atoms with van der Waals surface area (Å²) in [5.41, 5.74) is 1.01. The smallest absolute Gasteiger partial charge is 0.123 e. The zero-order valence-electron chi connectivity index (χ0n) is 13.0. The molecule has 4 heteroatoms. The van der Waals surface area contributed by atoms with Gasteiger partial charge in [0.1, 0.15) is 5.82 Å². The molecule has 0 aliphatic heterocycles. The largest absolute Gasteiger partial charge is 0.383 e. The van der Waals surface area contributed by atoms with Gasteiger partial charge in [0.2, 0.25) is 0 Å². The van der Waals surface area contributed by atoms with Gasteiger partial charge in [-0.15, -0.1) is 0 Å². The molecule has 0 aromatic heterocycles. The van der Waals surface area contributed by atoms with Gasteiger partial charge in [-0.25, -0.2) is 4.39 Å². The van der Waals surface area contributed by atoms with Crippen LogP contribution in [0.25, 0.3) is 0 Å². The molecular weight excluding hydrogens is 255 g/mol. The summed E-state index contributed by atoms with van der Waals surface area (Å²) in [7, 11) is 3.82. The maximum Gasteiger partial charge on any atom is 0.123 e. The van der Waals surface area contributed by atoms with Gasteiger partial charge in [0.05, 0.1) is 6.61 Å². The summed E-state index contributed by atoms with van der Waals surface area (Å²) in [6, 6.07) is 7.43. The highest BCUT2D eigenvalue weighted by atomic mass is 19.1. The van der Waals surface area contributed by atoms with Crippen molar-refractivity contribution in [2.75, 3.05) is 33.9 Å². The molecule has 0 radical (unpaired) electrons. The zero-order chi connectivity index (χ0) is 15.0. The lowest BCUT2D eigenvalue weighted by Gasteiger charge is -2.27. The van der Waals surface area contributed by atoms with Gasteiger partial charge < -0.3 is 15.0 Å². The molecule has 0 fully saturated rings. The van der Waals surface area contributed by atoms with Gasteiger partial charge in [-0.3, -0.25) is 0 Å². The van der Waals surface area contributed by atoms with Crippen molar-refractivity contribution >= 4 is 0 Å². The van der Waals surface area contributed by atoms with E-state index in [0.717, 1.165) is 31.7 Å². The molecule has 20 heavy (non-hydrogen) atoms. The fourth-order valence-electron chi connectivity index (χ4n) is 2.28. The number of methoxy groups -OCH3 is 1. The monoisotopic (exact) mass is 282 g/mol. The van der Waals surface area contributed by atoms with Crippen molar-refractivity contribution in [1.82, 2.24) is 10.2 Å². The number of hydrogen-bond acceptors (Lipinski definition) is 3. The molecule has 2 atom stereocenters. The van der Waals surface area contributed by atoms with E-state index in [9.17, 15) is 4.39 Å². The Bertz CT molecular complexity index is 386. The van der Waals surface area contributed by atoms with Crippen LogP contribution in [0.4, 0.5) is 4.39 Å². The number of likely N-dealkylation sites (N-methyl/N-ethyl adjacent to an activating group) is 1. The predicted molar refractivity (Wildman–Crippen MR) is 81.4 cm³/mol. The van der Waals surface area contributed by atoms with Crippen LogP contribution in [0.2, 0.25) is 0 Å². The van der Waals surface area contributed by atoms with E-state index in [1.807, 2.05) is 6.07 Å². The summed E-state index contributed by atoms with van der Waals surface area (Å²) in [6.07, 6.45) is 0.946. The Morgan fingerprint density at radius 3 is 2.75 bits per heavy atom. The normalized spacial score (nSPS) is 14.5. The van der Waals surface area contributed by atoms with Crippen LogP contribution in [-0.4, -0.2) is 44.8 Å². The van der Waals surface area contributed by atoms with Crippen LogP contribution in [0.5, 0.6) is 0 Å². The average Bonchev–Trinajstić information content (AvgIpc) is 2.43. The molecule has 0 saturated carbocycles. The molecule has 114 valence electrons. The topological polar surface area (TPSA) is 24.5 Å². The fraction of sp³-hybridized carbons (Fsp3) is 0.625. The number of nitrogens with zero attached hydrogens (tertiary/aromatic N) is 1. The number of rotatable bonds is 9. The maximum atomic E-state index is 13.3. The first-order chi connectivity index (χ1) is 9.58. The first-order valence-electron chi connectivity index (χ1n) is 7.26. The third-order valence-electron chi connectivity index (χ3n) is 3.63. The summed E-state index contributed by atoms with van der Waals surface area (Å²) >= 11 is 0. The SMILES string of the molecule is CCNC(CCN(C)C(C)COC)c1cccc(F)c1. The second-order valence-corrected chi connectivity index (χ2v) is 5.24. The van der Waals surface area contributed by atoms with Gasteiger partial charge in [0.25, 0.3) is 0 Å². The first kappa shape index (κ1) is 17.1. The highest BCUT2D eigenvalue weighted by Gasteiger charge is 2.14. The Morgan fingerprint density at radius 2 is 2.15 bits per heavy atom. The van der Waals surface area contributed by atoms with Crippen molar-refractivity contribution in [2.45, 2.75) is 32.4 Å². The summed E-state index contributed by atoms with van der Waals surface area (Å²) < 4.78 is 18.5. The first-order valence-corrected chi connectivity index (χ1v) is 7.26. The maximum absolute atomic E-state index is 13.3. The van der Waals surface area contributed by atoms with E-state index >= 15 is 0 Å². The zero-order valence-corrected chi connectivity index (χ0v) is 13.0. The lowest BCUT2D eigenvalue weighted by molar-refractivity contribution is 0.113. The Labute approximate surface area is 122 Å². The molecule has 0 heterocycles. The van der Waals surface area contributed by atoms with Crippen LogP contribution in [0.3, 0.4) is 0 Å². The van der Waals surface area contributed by atoms with Gasteiger partial charge in [-0.05, 0) is 44.6 Å². The minimum Gasteiger partial charge on any atom is -0.383 e. The van der Waals surface area contributed by atoms with Gasteiger partial charge in [-0.2, -0.15) is 0 Å². The van der Waals surface area contributed by atoms with Crippen LogP contribution < -0.4 is 5.32 Å². The Hall–Kier alpha value is -0.970. The van der Waals surface area contributed by atoms with E-state index in [1.165, 1.54) is 6.07 Å². The summed E-state index contributed by atoms with van der Waals surface area (Å²) in [5.74, 6) is -0.175. The number of halogens is 1. The number of benzene rings is 1. The lowest BCUT2D eigenvalue weighted by atomic mass is 10.0. The van der Waals surface area contributed by atoms with Crippen LogP contribution in [0.1, 0.15) is 31.9 Å². The van der Waals surface area contributed by atoms with Crippen molar-refractivity contribution in [1.29, 1.82) is 0 Å². The van der Waals surface area contributed by atoms with Gasteiger partial charge >= 0.3 is 0 Å². The molecule has 2 unspecified atom stereocenters. The molecule has 1 N–H and O–H groups in total. The van der Waals surface area contributed by atoms with Crippen LogP contribution >= 0.6 is 0 Å². The van der Waals surface area contributed by atoms with E-state index in [2.05, 4.69) is 31.1 Å². The summed E-state index contributed by atoms with van der Waals surface area (Å²) in [6.45, 7) is 6.76. The highest BCUT2D eigenvalue weighted by molar-refractivity contribution is 5.20. The molecule has 0 saturated heterocycles. The Kier molecular flexibility index (Phi) is 7.73. The standard InChI is InChI=1S/C16H27FN2O/c1-5-18-16(14-7-6-8-15(17)11-14)9-10-19(3)13(2)12-20-4/h6-8,11,13,16,18H,5,9-10,12H2,1-4H3. The number of ether oxygens (including phenoxy) is 1. The highest BCUT2D eigenvalue weighted by Crippen LogP contribution is 2.18. The molecule has 0 aliphatic rings. The van der Waals surface area contributed by atoms with E-state index in [-0.39, 0.29) is 11.9 Å². The Morgan fingerprint density at radius 1 is 1.40 bits per heavy atom. The third kappa shape index (κ3) is 5.57. The number of hydrogen-bond donors (Lipinski definition) is 1. The van der Waals surface area contributed by atoms with Crippen LogP contribution in [0.15, 0.2) is 24.3 Å². The van der Waals surface area contributed by atoms with E-state index in [1.54, 1.807) is 19.2 Å². The molecule has 0 bridgehead atoms. The lowest BCUT2D eigenvalue weighted by Crippen LogP contribution is -2.35. The van der Waals surface area contributed by atoms with Crippen molar-refractivity contribution in [2.24, 2.45) is 0 Å². The molecule has 1 aromatic rings. The predicted octanol–water partition coefficient (Wildman–Crippen LogP) is 2.83. The van der Waals surface area contributed by atoms with Crippen LogP contribution in [-0.2, 0) is 4.74 Å². The quantitative estimate of drug-likeness (QED) is 0.754. The second-order valence-electron chi connectivity index (χ2n) is 5.24. The van der Waals surface area contributed by atoms with E-state index in [0.29, 0.717) is 6.04 Å². The summed E-state index contributed by atoms with van der Waals surface area (Å²) in [5, 5.41) is 3.43. The second kappa shape index (κ2) is 9.06. The van der Waals surface area contributed by atoms with Gasteiger partial charge in [-0.1, -0.05) is 19.1 Å². The van der Waals surface area contributed by atoms with Gasteiger partial charge in [0.15, 0.2) is 0 Å². The van der Waals surface area contributed by atoms with Crippen molar-refractivity contribution in [3.8, 4) is 0 Å². The van der Waals surface area contributed by atoms with Crippen molar-refractivity contribution in [3.63, 3.8) is 0 Å². The molecule has 0 spiro atoms. The molecular formula is C16H27FN2O. The molecule has 0 aliphatic carbocycles. The number of nitrogens with one attached hydrogen (secondary N) is 1. The van der Waals surface area contributed by atoms with E-state index in [4.69, 9.17) is 4.74 Å². The minimum atomic E-state index is -0.175. The van der Waals surface area contributed by atoms with E-state index < -0.39 is 0 Å². The molecule has 1 aromatic carbocycles. The molecule has 3 nitrogen and oxygen atoms in total. The minimum absolute atomic E-state index is 0.175. The van der Waals surface area contributed by atoms with Crippen molar-refractivity contribution in [3.05, 3.63) is 35.6 Å². The average molecular weight is 282 g/mol. The van der Waals surface area contributed by atoms with Gasteiger partial charge in [0, 0.05) is 25.7 Å². The molecule has 0 amide bonds. The summed E-state index contributed by atoms with van der Waals surface area (Å²) in [4.78, 5) is 2.27. The Balaban J connectivity index is 2.59. The third-order valence-corrected chi connectivity index (χ3v) is 3.63. The van der Waals surface area contributed by atoms with Crippen molar-refractivity contribution < 1.29 is 9.13 Å². The fourth-order valence-corrected chi connectivity index (χ4v) is 2.28. The molecule has 1 rings (SSSR count). The van der Waals surface area contributed by atoms with Crippen LogP contribution in [0, 0.1) is 5.82 Å².